The van der Waals surface area contributed by atoms with Crippen molar-refractivity contribution in [2.24, 2.45) is 0 Å². The molecular formula is C22H17NO2S. The second-order valence-electron chi connectivity index (χ2n) is 5.98. The molecule has 0 aliphatic rings. The quantitative estimate of drug-likeness (QED) is 0.444. The first-order valence-corrected chi connectivity index (χ1v) is 9.22. The number of aldehydes is 1. The van der Waals surface area contributed by atoms with Gasteiger partial charge in [-0.2, -0.15) is 0 Å². The van der Waals surface area contributed by atoms with Crippen molar-refractivity contribution < 1.29 is 9.53 Å². The summed E-state index contributed by atoms with van der Waals surface area (Å²) in [5, 5.41) is 0.819. The highest BCUT2D eigenvalue weighted by atomic mass is 32.1. The van der Waals surface area contributed by atoms with E-state index in [1.165, 1.54) is 0 Å². The fraction of sp³-hybridized carbons (Fsp3) is 0.0909. The molecule has 0 amide bonds. The fourth-order valence-electron chi connectivity index (χ4n) is 2.81. The Kier molecular flexibility index (Phi) is 4.75. The first-order chi connectivity index (χ1) is 12.8. The van der Waals surface area contributed by atoms with Crippen LogP contribution in [0.5, 0.6) is 5.75 Å². The summed E-state index contributed by atoms with van der Waals surface area (Å²) in [6.45, 7) is 0.523. The zero-order chi connectivity index (χ0) is 17.8. The lowest BCUT2D eigenvalue weighted by Crippen LogP contribution is -2.02. The summed E-state index contributed by atoms with van der Waals surface area (Å²) in [6.07, 6.45) is 0.956. The molecule has 0 radical (unpaired) electrons. The van der Waals surface area contributed by atoms with Gasteiger partial charge in [0, 0.05) is 0 Å². The van der Waals surface area contributed by atoms with E-state index in [4.69, 9.17) is 4.74 Å². The molecule has 0 aliphatic heterocycles. The minimum Gasteiger partial charge on any atom is -0.489 e. The third-order valence-electron chi connectivity index (χ3n) is 4.20. The monoisotopic (exact) mass is 359 g/mol. The number of carbonyl (C=O) groups excluding carboxylic acids is 1. The molecule has 1 unspecified atom stereocenters. The van der Waals surface area contributed by atoms with E-state index in [0.717, 1.165) is 38.4 Å². The number of nitrogens with zero attached hydrogens (tertiary/aromatic N) is 1. The van der Waals surface area contributed by atoms with Crippen molar-refractivity contribution in [1.29, 1.82) is 0 Å². The van der Waals surface area contributed by atoms with Crippen molar-refractivity contribution in [3.63, 3.8) is 0 Å². The number of thiazole rings is 1. The second kappa shape index (κ2) is 7.50. The standard InChI is InChI=1S/C22H17NO2S/c24-14-19(22-23-20-8-4-5-9-21(20)26-22)17-10-12-18(13-11-17)25-15-16-6-2-1-3-7-16/h1-14,19H,15H2. The molecule has 4 aromatic rings. The Labute approximate surface area is 155 Å². The minimum atomic E-state index is -0.351. The molecule has 0 N–H and O–H groups in total. The summed E-state index contributed by atoms with van der Waals surface area (Å²) >= 11 is 1.56. The molecule has 0 fully saturated rings. The zero-order valence-electron chi connectivity index (χ0n) is 14.0. The summed E-state index contributed by atoms with van der Waals surface area (Å²) < 4.78 is 6.91. The van der Waals surface area contributed by atoms with Gasteiger partial charge in [0.1, 0.15) is 23.7 Å². The van der Waals surface area contributed by atoms with Gasteiger partial charge in [-0.15, -0.1) is 11.3 Å². The van der Waals surface area contributed by atoms with Gasteiger partial charge in [-0.3, -0.25) is 0 Å². The molecule has 1 heterocycles. The number of fused-ring (bicyclic) bond motifs is 1. The predicted molar refractivity (Wildman–Crippen MR) is 105 cm³/mol. The maximum Gasteiger partial charge on any atom is 0.134 e. The van der Waals surface area contributed by atoms with Crippen molar-refractivity contribution in [1.82, 2.24) is 4.98 Å². The summed E-state index contributed by atoms with van der Waals surface area (Å²) in [4.78, 5) is 16.3. The molecule has 26 heavy (non-hydrogen) atoms. The van der Waals surface area contributed by atoms with E-state index in [2.05, 4.69) is 4.98 Å². The van der Waals surface area contributed by atoms with Crippen molar-refractivity contribution >= 4 is 27.8 Å². The molecule has 128 valence electrons. The SMILES string of the molecule is O=CC(c1ccc(OCc2ccccc2)cc1)c1nc2ccccc2s1. The largest absolute Gasteiger partial charge is 0.489 e. The molecule has 3 aromatic carbocycles. The van der Waals surface area contributed by atoms with Crippen LogP contribution in [0.4, 0.5) is 0 Å². The summed E-state index contributed by atoms with van der Waals surface area (Å²) in [7, 11) is 0. The van der Waals surface area contributed by atoms with Crippen LogP contribution in [-0.2, 0) is 11.4 Å². The normalized spacial score (nSPS) is 12.0. The maximum absolute atomic E-state index is 11.7. The fourth-order valence-corrected chi connectivity index (χ4v) is 3.87. The molecule has 1 atom stereocenters. The Hall–Kier alpha value is -2.98. The van der Waals surface area contributed by atoms with Crippen molar-refractivity contribution in [3.05, 3.63) is 95.0 Å². The topological polar surface area (TPSA) is 39.2 Å². The maximum atomic E-state index is 11.7. The van der Waals surface area contributed by atoms with Gasteiger partial charge in [0.2, 0.25) is 0 Å². The molecular weight excluding hydrogens is 342 g/mol. The lowest BCUT2D eigenvalue weighted by Gasteiger charge is -2.10. The highest BCUT2D eigenvalue weighted by Crippen LogP contribution is 2.31. The number of hydrogen-bond donors (Lipinski definition) is 0. The van der Waals surface area contributed by atoms with Crippen molar-refractivity contribution in [2.45, 2.75) is 12.5 Å². The Bertz CT molecular complexity index is 976. The number of hydrogen-bond acceptors (Lipinski definition) is 4. The number of benzene rings is 3. The number of ether oxygens (including phenoxy) is 1. The summed E-state index contributed by atoms with van der Waals surface area (Å²) in [6, 6.07) is 25.7. The second-order valence-corrected chi connectivity index (χ2v) is 7.04. The first-order valence-electron chi connectivity index (χ1n) is 8.41. The molecule has 3 nitrogen and oxygen atoms in total. The van der Waals surface area contributed by atoms with Gasteiger partial charge in [0.25, 0.3) is 0 Å². The molecule has 0 spiro atoms. The average molecular weight is 359 g/mol. The van der Waals surface area contributed by atoms with Gasteiger partial charge in [0.15, 0.2) is 0 Å². The van der Waals surface area contributed by atoms with Crippen LogP contribution in [0.15, 0.2) is 78.9 Å². The van der Waals surface area contributed by atoms with Gasteiger partial charge in [-0.25, -0.2) is 4.98 Å². The smallest absolute Gasteiger partial charge is 0.134 e. The van der Waals surface area contributed by atoms with Crippen LogP contribution in [0.25, 0.3) is 10.2 Å². The Morgan fingerprint density at radius 2 is 1.65 bits per heavy atom. The van der Waals surface area contributed by atoms with Crippen LogP contribution in [0.3, 0.4) is 0 Å². The van der Waals surface area contributed by atoms with Crippen LogP contribution in [-0.4, -0.2) is 11.3 Å². The molecule has 4 heteroatoms. The van der Waals surface area contributed by atoms with Crippen LogP contribution < -0.4 is 4.74 Å². The third-order valence-corrected chi connectivity index (χ3v) is 5.32. The van der Waals surface area contributed by atoms with E-state index in [1.54, 1.807) is 11.3 Å². The van der Waals surface area contributed by atoms with Crippen LogP contribution in [0.2, 0.25) is 0 Å². The number of carbonyl (C=O) groups is 1. The number of para-hydroxylation sites is 1. The molecule has 4 rings (SSSR count). The van der Waals surface area contributed by atoms with Crippen molar-refractivity contribution in [3.8, 4) is 5.75 Å². The van der Waals surface area contributed by atoms with Crippen LogP contribution >= 0.6 is 11.3 Å². The molecule has 1 aromatic heterocycles. The molecule has 0 saturated carbocycles. The van der Waals surface area contributed by atoms with E-state index in [9.17, 15) is 4.79 Å². The number of rotatable bonds is 6. The Morgan fingerprint density at radius 3 is 2.38 bits per heavy atom. The average Bonchev–Trinajstić information content (AvgIpc) is 3.12. The lowest BCUT2D eigenvalue weighted by molar-refractivity contribution is -0.108. The van der Waals surface area contributed by atoms with Gasteiger partial charge >= 0.3 is 0 Å². The lowest BCUT2D eigenvalue weighted by atomic mass is 10.0. The summed E-state index contributed by atoms with van der Waals surface area (Å²) in [5.41, 5.74) is 2.98. The first kappa shape index (κ1) is 16.5. The number of aromatic nitrogens is 1. The molecule has 0 aliphatic carbocycles. The van der Waals surface area contributed by atoms with E-state index in [0.29, 0.717) is 6.61 Å². The molecule has 0 bridgehead atoms. The van der Waals surface area contributed by atoms with E-state index < -0.39 is 0 Å². The Balaban J connectivity index is 1.51. The van der Waals surface area contributed by atoms with E-state index in [1.807, 2.05) is 78.9 Å². The van der Waals surface area contributed by atoms with Gasteiger partial charge in [-0.1, -0.05) is 54.6 Å². The van der Waals surface area contributed by atoms with Gasteiger partial charge in [0.05, 0.1) is 16.1 Å². The summed E-state index contributed by atoms with van der Waals surface area (Å²) in [5.74, 6) is 0.433. The van der Waals surface area contributed by atoms with Gasteiger partial charge < -0.3 is 9.53 Å². The Morgan fingerprint density at radius 1 is 0.923 bits per heavy atom. The molecule has 0 saturated heterocycles. The van der Waals surface area contributed by atoms with Crippen LogP contribution in [0, 0.1) is 0 Å². The van der Waals surface area contributed by atoms with Gasteiger partial charge in [-0.05, 0) is 35.4 Å². The van der Waals surface area contributed by atoms with Crippen molar-refractivity contribution in [2.75, 3.05) is 0 Å². The van der Waals surface area contributed by atoms with E-state index in [-0.39, 0.29) is 5.92 Å². The third kappa shape index (κ3) is 3.51. The highest BCUT2D eigenvalue weighted by molar-refractivity contribution is 7.18. The van der Waals surface area contributed by atoms with E-state index >= 15 is 0 Å². The highest BCUT2D eigenvalue weighted by Gasteiger charge is 2.18. The van der Waals surface area contributed by atoms with Crippen LogP contribution in [0.1, 0.15) is 22.1 Å². The minimum absolute atomic E-state index is 0.351. The zero-order valence-corrected chi connectivity index (χ0v) is 14.9. The predicted octanol–water partition coefficient (Wildman–Crippen LogP) is 5.21.